The average Bonchev–Trinajstić information content (AvgIpc) is 2.58. The molecule has 0 spiro atoms. The molecule has 26 heavy (non-hydrogen) atoms. The number of nitrogens with two attached hydrogens (primary N) is 3. The molecule has 2 atom stereocenters. The minimum atomic E-state index is -0.463. The molecule has 2 rings (SSSR count). The monoisotopic (exact) mass is 395 g/mol. The number of hydrogen-bond donors (Lipinski definition) is 5. The second-order valence-corrected chi connectivity index (χ2v) is 7.16. The highest BCUT2D eigenvalue weighted by molar-refractivity contribution is 6.42. The van der Waals surface area contributed by atoms with Gasteiger partial charge in [0.05, 0.1) is 16.0 Å². The smallest absolute Gasteiger partial charge is 0.231 e. The van der Waals surface area contributed by atoms with Gasteiger partial charge < -0.3 is 22.5 Å². The van der Waals surface area contributed by atoms with Gasteiger partial charge in [0, 0.05) is 22.9 Å². The van der Waals surface area contributed by atoms with E-state index in [0.717, 1.165) is 5.56 Å². The van der Waals surface area contributed by atoms with Crippen molar-refractivity contribution in [2.24, 2.45) is 23.1 Å². The van der Waals surface area contributed by atoms with Crippen LogP contribution in [0.1, 0.15) is 31.2 Å². The maximum absolute atomic E-state index is 12.8. The minimum Gasteiger partial charge on any atom is -0.401 e. The number of halogens is 2. The van der Waals surface area contributed by atoms with Gasteiger partial charge in [0.25, 0.3) is 0 Å². The molecular weight excluding hydrogens is 373 g/mol. The summed E-state index contributed by atoms with van der Waals surface area (Å²) in [7, 11) is 0. The molecule has 2 unspecified atom stereocenters. The van der Waals surface area contributed by atoms with Crippen molar-refractivity contribution in [2.75, 3.05) is 6.54 Å². The summed E-state index contributed by atoms with van der Waals surface area (Å²) in [4.78, 5) is 12.8. The lowest BCUT2D eigenvalue weighted by Gasteiger charge is -2.25. The van der Waals surface area contributed by atoms with E-state index in [1.807, 2.05) is 6.92 Å². The molecule has 1 aliphatic rings. The normalized spacial score (nSPS) is 18.3. The number of allylic oxidation sites excluding steroid dienone is 2. The predicted molar refractivity (Wildman–Crippen MR) is 106 cm³/mol. The van der Waals surface area contributed by atoms with Gasteiger partial charge in [-0.1, -0.05) is 36.2 Å². The van der Waals surface area contributed by atoms with Gasteiger partial charge in [-0.05, 0) is 43.2 Å². The van der Waals surface area contributed by atoms with E-state index in [1.54, 1.807) is 24.3 Å². The summed E-state index contributed by atoms with van der Waals surface area (Å²) >= 11 is 12.0. The van der Waals surface area contributed by atoms with Crippen molar-refractivity contribution in [3.05, 3.63) is 56.9 Å². The van der Waals surface area contributed by atoms with Crippen LogP contribution >= 0.6 is 23.2 Å². The Morgan fingerprint density at radius 2 is 2.08 bits per heavy atom. The van der Waals surface area contributed by atoms with Crippen LogP contribution in [0.25, 0.3) is 0 Å². The van der Waals surface area contributed by atoms with Crippen molar-refractivity contribution in [3.8, 4) is 0 Å². The Kier molecular flexibility index (Phi) is 6.69. The fourth-order valence-electron chi connectivity index (χ4n) is 2.93. The Labute approximate surface area is 162 Å². The summed E-state index contributed by atoms with van der Waals surface area (Å²) in [5, 5.41) is 11.4. The van der Waals surface area contributed by atoms with E-state index < -0.39 is 5.92 Å². The predicted octanol–water partition coefficient (Wildman–Crippen LogP) is 2.61. The third-order valence-corrected chi connectivity index (χ3v) is 5.12. The van der Waals surface area contributed by atoms with Crippen LogP contribution in [0.5, 0.6) is 0 Å². The van der Waals surface area contributed by atoms with Gasteiger partial charge in [-0.15, -0.1) is 0 Å². The third kappa shape index (κ3) is 4.58. The molecule has 6 nitrogen and oxygen atoms in total. The lowest BCUT2D eigenvalue weighted by atomic mass is 9.90. The second-order valence-electron chi connectivity index (χ2n) is 6.35. The van der Waals surface area contributed by atoms with Gasteiger partial charge in [-0.2, -0.15) is 0 Å². The molecule has 0 bridgehead atoms. The Bertz CT molecular complexity index is 788. The van der Waals surface area contributed by atoms with E-state index >= 15 is 0 Å². The minimum absolute atomic E-state index is 0.0212. The maximum atomic E-state index is 12.8. The fourth-order valence-corrected chi connectivity index (χ4v) is 3.24. The molecule has 1 aromatic carbocycles. The topological polar surface area (TPSA) is 131 Å². The summed E-state index contributed by atoms with van der Waals surface area (Å²) in [6, 6.07) is 5.11. The highest BCUT2D eigenvalue weighted by Crippen LogP contribution is 2.30. The lowest BCUT2D eigenvalue weighted by Crippen LogP contribution is -2.33. The summed E-state index contributed by atoms with van der Waals surface area (Å²) < 4.78 is 0. The molecule has 140 valence electrons. The molecule has 0 saturated carbocycles. The Hall–Kier alpha value is -2.02. The van der Waals surface area contributed by atoms with Gasteiger partial charge in [0.2, 0.25) is 5.91 Å². The number of carbonyl (C=O) groups excluding carboxylic acids is 1. The van der Waals surface area contributed by atoms with Crippen LogP contribution in [0, 0.1) is 11.3 Å². The second kappa shape index (κ2) is 8.58. The molecule has 1 amide bonds. The van der Waals surface area contributed by atoms with Gasteiger partial charge >= 0.3 is 0 Å². The van der Waals surface area contributed by atoms with Crippen LogP contribution in [0.3, 0.4) is 0 Å². The number of hydrogen-bond acceptors (Lipinski definition) is 4. The highest BCUT2D eigenvalue weighted by Gasteiger charge is 2.25. The van der Waals surface area contributed by atoms with E-state index in [9.17, 15) is 4.79 Å². The molecule has 1 aliphatic carbocycles. The van der Waals surface area contributed by atoms with Gasteiger partial charge in [-0.25, -0.2) is 0 Å². The average molecular weight is 396 g/mol. The first-order valence-electron chi connectivity index (χ1n) is 8.25. The zero-order chi connectivity index (χ0) is 19.4. The maximum Gasteiger partial charge on any atom is 0.231 e. The van der Waals surface area contributed by atoms with Crippen molar-refractivity contribution in [1.29, 1.82) is 5.41 Å². The Balaban J connectivity index is 2.26. The molecule has 0 heterocycles. The molecule has 8 heteroatoms. The van der Waals surface area contributed by atoms with Crippen LogP contribution in [0.2, 0.25) is 10.0 Å². The number of nitrogens with one attached hydrogen (secondary N) is 2. The van der Waals surface area contributed by atoms with Crippen molar-refractivity contribution in [3.63, 3.8) is 0 Å². The molecule has 8 N–H and O–H groups in total. The van der Waals surface area contributed by atoms with E-state index in [0.29, 0.717) is 46.4 Å². The van der Waals surface area contributed by atoms with Crippen molar-refractivity contribution in [2.45, 2.75) is 25.7 Å². The number of amidine groups is 1. The standard InChI is InChI=1S/C18H23Cl2N5O/c1-9-6-11(8-13(16(9)22)17(23)24)25-18(26)12(4-5-21)10-2-3-14(19)15(20)7-10/h2-3,7-9,12H,4-6,21-22H2,1H3,(H3,23,24)(H,25,26). The summed E-state index contributed by atoms with van der Waals surface area (Å²) in [6.45, 7) is 2.27. The van der Waals surface area contributed by atoms with E-state index in [-0.39, 0.29) is 17.7 Å². The summed E-state index contributed by atoms with van der Waals surface area (Å²) in [5.74, 6) is -0.804. The molecular formula is C18H23Cl2N5O. The SMILES string of the molecule is CC1CC(NC(=O)C(CCN)c2ccc(Cl)c(Cl)c2)=CC(C(=N)N)=C1N. The first kappa shape index (κ1) is 20.3. The van der Waals surface area contributed by atoms with Crippen LogP contribution in [-0.4, -0.2) is 18.3 Å². The number of benzene rings is 1. The Morgan fingerprint density at radius 1 is 1.38 bits per heavy atom. The fraction of sp³-hybridized carbons (Fsp3) is 0.333. The zero-order valence-corrected chi connectivity index (χ0v) is 16.0. The summed E-state index contributed by atoms with van der Waals surface area (Å²) in [5.41, 5.74) is 19.7. The number of amides is 1. The van der Waals surface area contributed by atoms with Crippen LogP contribution in [-0.2, 0) is 4.79 Å². The van der Waals surface area contributed by atoms with Gasteiger partial charge in [0.15, 0.2) is 0 Å². The summed E-state index contributed by atoms with van der Waals surface area (Å²) in [6.07, 6.45) is 2.68. The van der Waals surface area contributed by atoms with E-state index in [1.165, 1.54) is 0 Å². The third-order valence-electron chi connectivity index (χ3n) is 4.38. The van der Waals surface area contributed by atoms with Gasteiger partial charge in [-0.3, -0.25) is 10.2 Å². The highest BCUT2D eigenvalue weighted by atomic mass is 35.5. The zero-order valence-electron chi connectivity index (χ0n) is 14.5. The first-order chi connectivity index (χ1) is 12.2. The molecule has 0 radical (unpaired) electrons. The molecule has 1 aromatic rings. The Morgan fingerprint density at radius 3 is 2.65 bits per heavy atom. The van der Waals surface area contributed by atoms with E-state index in [4.69, 9.17) is 45.8 Å². The molecule has 0 aliphatic heterocycles. The van der Waals surface area contributed by atoms with Crippen LogP contribution in [0.4, 0.5) is 0 Å². The number of carbonyl (C=O) groups is 1. The number of rotatable bonds is 6. The first-order valence-corrected chi connectivity index (χ1v) is 9.00. The van der Waals surface area contributed by atoms with Crippen molar-refractivity contribution >= 4 is 34.9 Å². The largest absolute Gasteiger partial charge is 0.401 e. The molecule has 0 saturated heterocycles. The van der Waals surface area contributed by atoms with E-state index in [2.05, 4.69) is 5.32 Å². The molecule has 0 fully saturated rings. The quantitative estimate of drug-likeness (QED) is 0.374. The van der Waals surface area contributed by atoms with Gasteiger partial charge in [0.1, 0.15) is 5.84 Å². The van der Waals surface area contributed by atoms with Crippen LogP contribution in [0.15, 0.2) is 41.2 Å². The van der Waals surface area contributed by atoms with Crippen molar-refractivity contribution < 1.29 is 4.79 Å². The lowest BCUT2D eigenvalue weighted by molar-refractivity contribution is -0.122. The van der Waals surface area contributed by atoms with Crippen LogP contribution < -0.4 is 22.5 Å². The molecule has 0 aromatic heterocycles. The van der Waals surface area contributed by atoms with Crippen molar-refractivity contribution in [1.82, 2.24) is 5.32 Å².